The third kappa shape index (κ3) is 3.42. The number of thiazole rings is 1. The highest BCUT2D eigenvalue weighted by molar-refractivity contribution is 7.13. The van der Waals surface area contributed by atoms with Crippen molar-refractivity contribution in [2.75, 3.05) is 16.0 Å². The lowest BCUT2D eigenvalue weighted by Crippen LogP contribution is -2.40. The van der Waals surface area contributed by atoms with E-state index in [0.29, 0.717) is 29.1 Å². The van der Waals surface area contributed by atoms with Gasteiger partial charge in [-0.05, 0) is 26.2 Å². The largest absolute Gasteiger partial charge is 0.356 e. The Hall–Kier alpha value is -2.22. The van der Waals surface area contributed by atoms with E-state index < -0.39 is 0 Å². The average molecular weight is 332 g/mol. The maximum Gasteiger partial charge on any atom is 0.247 e. The van der Waals surface area contributed by atoms with E-state index in [0.717, 1.165) is 17.2 Å². The number of fused-ring (bicyclic) bond motifs is 1. The number of aromatic nitrogens is 3. The summed E-state index contributed by atoms with van der Waals surface area (Å²) in [6, 6.07) is -0.272. The summed E-state index contributed by atoms with van der Waals surface area (Å²) in [5.41, 5.74) is 1.52. The van der Waals surface area contributed by atoms with Gasteiger partial charge in [-0.2, -0.15) is 0 Å². The lowest BCUT2D eigenvalue weighted by Gasteiger charge is -2.28. The molecule has 1 aliphatic rings. The molecule has 7 nitrogen and oxygen atoms in total. The summed E-state index contributed by atoms with van der Waals surface area (Å²) in [5, 5.41) is 12.0. The van der Waals surface area contributed by atoms with E-state index in [2.05, 4.69) is 44.7 Å². The molecule has 2 aromatic heterocycles. The molecule has 0 spiro atoms. The van der Waals surface area contributed by atoms with Gasteiger partial charge in [0.15, 0.2) is 16.8 Å². The lowest BCUT2D eigenvalue weighted by atomic mass is 10.0. The molecule has 0 fully saturated rings. The number of anilines is 4. The van der Waals surface area contributed by atoms with E-state index in [-0.39, 0.29) is 11.9 Å². The summed E-state index contributed by atoms with van der Waals surface area (Å²) in [6.07, 6.45) is 0.753. The summed E-state index contributed by atoms with van der Waals surface area (Å²) in [7, 11) is 0. The van der Waals surface area contributed by atoms with Gasteiger partial charge in [-0.25, -0.2) is 15.0 Å². The first-order valence-electron chi connectivity index (χ1n) is 7.57. The second kappa shape index (κ2) is 6.11. The van der Waals surface area contributed by atoms with Gasteiger partial charge in [-0.3, -0.25) is 4.79 Å². The lowest BCUT2D eigenvalue weighted by molar-refractivity contribution is -0.117. The first-order valence-corrected chi connectivity index (χ1v) is 8.45. The van der Waals surface area contributed by atoms with E-state index in [4.69, 9.17) is 0 Å². The van der Waals surface area contributed by atoms with Crippen molar-refractivity contribution in [3.05, 3.63) is 16.9 Å². The van der Waals surface area contributed by atoms with Crippen LogP contribution in [-0.4, -0.2) is 26.9 Å². The van der Waals surface area contributed by atoms with E-state index in [1.165, 1.54) is 11.3 Å². The molecule has 3 N–H and O–H groups in total. The Kier molecular flexibility index (Phi) is 4.16. The predicted molar refractivity (Wildman–Crippen MR) is 92.4 cm³/mol. The Morgan fingerprint density at radius 1 is 1.30 bits per heavy atom. The molecule has 1 atom stereocenters. The minimum atomic E-state index is -0.272. The topological polar surface area (TPSA) is 91.8 Å². The van der Waals surface area contributed by atoms with Gasteiger partial charge < -0.3 is 16.0 Å². The number of carbonyl (C=O) groups excluding carboxylic acids is 1. The standard InChI is InChI=1S/C15H20N6OS/c1-7(2)5-10-14(22)20-11-12(19-10)17-9(4)18-13(11)21-15-16-8(3)6-23-15/h6-7,10H,5H2,1-4H3,(H,20,22)(H2,16,17,18,19,21). The van der Waals surface area contributed by atoms with Crippen molar-refractivity contribution < 1.29 is 4.79 Å². The first kappa shape index (κ1) is 15.7. The SMILES string of the molecule is Cc1csc(Nc2nc(C)nc3c2NC(=O)C(CC(C)C)N3)n1. The van der Waals surface area contributed by atoms with Gasteiger partial charge in [0.05, 0.1) is 5.69 Å². The van der Waals surface area contributed by atoms with Gasteiger partial charge in [-0.1, -0.05) is 13.8 Å². The number of hydrogen-bond acceptors (Lipinski definition) is 7. The zero-order valence-electron chi connectivity index (χ0n) is 13.6. The average Bonchev–Trinajstić information content (AvgIpc) is 2.85. The normalized spacial score (nSPS) is 16.7. The van der Waals surface area contributed by atoms with E-state index in [9.17, 15) is 4.79 Å². The van der Waals surface area contributed by atoms with Crippen LogP contribution < -0.4 is 16.0 Å². The second-order valence-corrected chi connectivity index (χ2v) is 6.94. The predicted octanol–water partition coefficient (Wildman–Crippen LogP) is 3.07. The number of nitrogens with one attached hydrogen (secondary N) is 3. The van der Waals surface area contributed by atoms with Gasteiger partial charge >= 0.3 is 0 Å². The fourth-order valence-corrected chi connectivity index (χ4v) is 3.16. The molecule has 0 bridgehead atoms. The third-order valence-corrected chi connectivity index (χ3v) is 4.32. The zero-order valence-corrected chi connectivity index (χ0v) is 14.4. The number of rotatable bonds is 4. The summed E-state index contributed by atoms with van der Waals surface area (Å²) in [4.78, 5) is 25.5. The summed E-state index contributed by atoms with van der Waals surface area (Å²) >= 11 is 1.49. The Morgan fingerprint density at radius 3 is 2.74 bits per heavy atom. The molecule has 0 saturated heterocycles. The summed E-state index contributed by atoms with van der Waals surface area (Å²) in [6.45, 7) is 7.94. The zero-order chi connectivity index (χ0) is 16.6. The minimum absolute atomic E-state index is 0.0583. The second-order valence-electron chi connectivity index (χ2n) is 6.08. The highest BCUT2D eigenvalue weighted by atomic mass is 32.1. The highest BCUT2D eigenvalue weighted by Crippen LogP contribution is 2.34. The molecule has 0 radical (unpaired) electrons. The quantitative estimate of drug-likeness (QED) is 0.797. The van der Waals surface area contributed by atoms with Crippen molar-refractivity contribution >= 4 is 39.7 Å². The Labute approximate surface area is 139 Å². The molecule has 0 saturated carbocycles. The van der Waals surface area contributed by atoms with Crippen LogP contribution in [0.1, 0.15) is 31.8 Å². The molecular weight excluding hydrogens is 312 g/mol. The maximum atomic E-state index is 12.3. The van der Waals surface area contributed by atoms with E-state index >= 15 is 0 Å². The van der Waals surface area contributed by atoms with Gasteiger partial charge in [0.1, 0.15) is 17.6 Å². The van der Waals surface area contributed by atoms with Crippen molar-refractivity contribution in [3.63, 3.8) is 0 Å². The van der Waals surface area contributed by atoms with Crippen LogP contribution >= 0.6 is 11.3 Å². The fraction of sp³-hybridized carbons (Fsp3) is 0.467. The number of nitrogens with zero attached hydrogens (tertiary/aromatic N) is 3. The monoisotopic (exact) mass is 332 g/mol. The van der Waals surface area contributed by atoms with Crippen LogP contribution in [-0.2, 0) is 4.79 Å². The molecule has 2 aromatic rings. The van der Waals surface area contributed by atoms with Crippen LogP contribution in [0.15, 0.2) is 5.38 Å². The third-order valence-electron chi connectivity index (χ3n) is 3.45. The minimum Gasteiger partial charge on any atom is -0.356 e. The van der Waals surface area contributed by atoms with Crippen LogP contribution in [0.25, 0.3) is 0 Å². The van der Waals surface area contributed by atoms with E-state index in [1.54, 1.807) is 0 Å². The van der Waals surface area contributed by atoms with Gasteiger partial charge in [0.2, 0.25) is 5.91 Å². The molecule has 0 aromatic carbocycles. The Balaban J connectivity index is 1.92. The number of amides is 1. The first-order chi connectivity index (χ1) is 10.9. The van der Waals surface area contributed by atoms with Crippen LogP contribution in [0.3, 0.4) is 0 Å². The van der Waals surface area contributed by atoms with Gasteiger partial charge in [-0.15, -0.1) is 11.3 Å². The van der Waals surface area contributed by atoms with Crippen LogP contribution in [0.4, 0.5) is 22.5 Å². The molecule has 23 heavy (non-hydrogen) atoms. The maximum absolute atomic E-state index is 12.3. The summed E-state index contributed by atoms with van der Waals surface area (Å²) in [5.74, 6) is 2.20. The van der Waals surface area contributed by atoms with Crippen molar-refractivity contribution in [2.45, 2.75) is 40.2 Å². The number of carbonyl (C=O) groups is 1. The smallest absolute Gasteiger partial charge is 0.247 e. The van der Waals surface area contributed by atoms with Crippen molar-refractivity contribution in [1.29, 1.82) is 0 Å². The molecule has 1 aliphatic heterocycles. The van der Waals surface area contributed by atoms with Crippen molar-refractivity contribution in [2.24, 2.45) is 5.92 Å². The van der Waals surface area contributed by atoms with Crippen LogP contribution in [0, 0.1) is 19.8 Å². The molecule has 1 amide bonds. The van der Waals surface area contributed by atoms with Gasteiger partial charge in [0.25, 0.3) is 0 Å². The van der Waals surface area contributed by atoms with Crippen molar-refractivity contribution in [1.82, 2.24) is 15.0 Å². The molecule has 122 valence electrons. The molecule has 0 aliphatic carbocycles. The summed E-state index contributed by atoms with van der Waals surface area (Å²) < 4.78 is 0. The fourth-order valence-electron chi connectivity index (χ4n) is 2.48. The van der Waals surface area contributed by atoms with Crippen LogP contribution in [0.2, 0.25) is 0 Å². The van der Waals surface area contributed by atoms with Crippen LogP contribution in [0.5, 0.6) is 0 Å². The molecule has 8 heteroatoms. The molecule has 3 heterocycles. The Morgan fingerprint density at radius 2 is 2.09 bits per heavy atom. The molecule has 3 rings (SSSR count). The highest BCUT2D eigenvalue weighted by Gasteiger charge is 2.29. The number of hydrogen-bond donors (Lipinski definition) is 3. The molecule has 1 unspecified atom stereocenters. The van der Waals surface area contributed by atoms with Crippen molar-refractivity contribution in [3.8, 4) is 0 Å². The Bertz CT molecular complexity index is 742. The van der Waals surface area contributed by atoms with E-state index in [1.807, 2.05) is 19.2 Å². The number of aryl methyl sites for hydroxylation is 2. The van der Waals surface area contributed by atoms with Gasteiger partial charge in [0, 0.05) is 5.38 Å². The molecular formula is C15H20N6OS.